The molecule has 0 radical (unpaired) electrons. The van der Waals surface area contributed by atoms with E-state index in [4.69, 9.17) is 18.9 Å². The fraction of sp³-hybridized carbons (Fsp3) is 0.536. The topological polar surface area (TPSA) is 116 Å². The first kappa shape index (κ1) is 28.2. The van der Waals surface area contributed by atoms with Crippen molar-refractivity contribution in [2.45, 2.75) is 48.3 Å². The Bertz CT molecular complexity index is 1070. The minimum Gasteiger partial charge on any atom is -0.593 e. The molecule has 1 unspecified atom stereocenters. The summed E-state index contributed by atoms with van der Waals surface area (Å²) in [5.41, 5.74) is 0.960. The third-order valence-corrected chi connectivity index (χ3v) is 9.15. The molecule has 212 valence electrons. The average molecular weight is 560 g/mol. The van der Waals surface area contributed by atoms with Gasteiger partial charge in [-0.15, -0.1) is 4.31 Å². The van der Waals surface area contributed by atoms with E-state index in [2.05, 4.69) is 10.2 Å². The lowest BCUT2D eigenvalue weighted by Gasteiger charge is -2.43. The zero-order valence-electron chi connectivity index (χ0n) is 22.3. The SMILES string of the molecule is COc1ccc([S+]([O-])N(C[C@@H](O)[C@H](Cc2ccccc2)NC(=O)O[C@H]2CO[C@H]3OCC[C@H]32)C2CN(C)C2)cc1. The highest BCUT2D eigenvalue weighted by atomic mass is 32.2. The fourth-order valence-electron chi connectivity index (χ4n) is 5.36. The Labute approximate surface area is 232 Å². The van der Waals surface area contributed by atoms with E-state index in [0.29, 0.717) is 30.3 Å². The van der Waals surface area contributed by atoms with E-state index in [1.54, 1.807) is 31.4 Å². The lowest BCUT2D eigenvalue weighted by Crippen LogP contribution is -2.62. The van der Waals surface area contributed by atoms with Crippen LogP contribution in [0.25, 0.3) is 0 Å². The van der Waals surface area contributed by atoms with Crippen LogP contribution >= 0.6 is 0 Å². The van der Waals surface area contributed by atoms with Gasteiger partial charge in [0.15, 0.2) is 11.2 Å². The second-order valence-corrected chi connectivity index (χ2v) is 11.8. The number of rotatable bonds is 11. The number of carbonyl (C=O) groups excluding carboxylic acids is 1. The Morgan fingerprint density at radius 2 is 1.95 bits per heavy atom. The van der Waals surface area contributed by atoms with Gasteiger partial charge in [0.2, 0.25) is 0 Å². The molecule has 3 aliphatic heterocycles. The molecule has 5 rings (SSSR count). The lowest BCUT2D eigenvalue weighted by atomic mass is 10.0. The van der Waals surface area contributed by atoms with Crippen molar-refractivity contribution in [3.63, 3.8) is 0 Å². The zero-order valence-corrected chi connectivity index (χ0v) is 23.1. The van der Waals surface area contributed by atoms with Crippen LogP contribution in [0.3, 0.4) is 0 Å². The van der Waals surface area contributed by atoms with Gasteiger partial charge >= 0.3 is 6.09 Å². The predicted molar refractivity (Wildman–Crippen MR) is 145 cm³/mol. The fourth-order valence-corrected chi connectivity index (χ4v) is 6.69. The van der Waals surface area contributed by atoms with Crippen LogP contribution in [0.15, 0.2) is 59.5 Å². The number of ether oxygens (including phenoxy) is 4. The number of methoxy groups -OCH3 is 1. The first-order valence-corrected chi connectivity index (χ1v) is 14.5. The number of aliphatic hydroxyl groups excluding tert-OH is 1. The van der Waals surface area contributed by atoms with Crippen molar-refractivity contribution in [2.75, 3.05) is 47.0 Å². The molecule has 0 spiro atoms. The minimum absolute atomic E-state index is 0.00634. The number of likely N-dealkylation sites (tertiary alicyclic amines) is 1. The molecular formula is C28H37N3O7S. The second kappa shape index (κ2) is 12.9. The number of carbonyl (C=O) groups is 1. The Morgan fingerprint density at radius 3 is 2.64 bits per heavy atom. The molecule has 0 aromatic heterocycles. The summed E-state index contributed by atoms with van der Waals surface area (Å²) < 4.78 is 37.6. The van der Waals surface area contributed by atoms with E-state index >= 15 is 0 Å². The number of nitrogens with one attached hydrogen (secondary N) is 1. The minimum atomic E-state index is -1.51. The largest absolute Gasteiger partial charge is 0.593 e. The molecule has 2 N–H and O–H groups in total. The van der Waals surface area contributed by atoms with Gasteiger partial charge < -0.3 is 38.8 Å². The first-order valence-electron chi connectivity index (χ1n) is 13.3. The van der Waals surface area contributed by atoms with Crippen LogP contribution < -0.4 is 10.1 Å². The summed E-state index contributed by atoms with van der Waals surface area (Å²) >= 11 is -1.51. The van der Waals surface area contributed by atoms with Crippen molar-refractivity contribution >= 4 is 17.5 Å². The zero-order chi connectivity index (χ0) is 27.4. The molecule has 39 heavy (non-hydrogen) atoms. The first-order chi connectivity index (χ1) is 18.9. The van der Waals surface area contributed by atoms with Crippen LogP contribution in [0.4, 0.5) is 4.79 Å². The smallest absolute Gasteiger partial charge is 0.407 e. The molecule has 0 bridgehead atoms. The maximum absolute atomic E-state index is 13.7. The number of aliphatic hydroxyl groups is 1. The summed E-state index contributed by atoms with van der Waals surface area (Å²) in [6.07, 6.45) is -1.16. The Morgan fingerprint density at radius 1 is 1.21 bits per heavy atom. The molecule has 3 aliphatic rings. The standard InChI is InChI=1S/C28H37N3O7S/c1-30-15-20(16-30)31(39(34)22-10-8-21(35-2)9-11-22)17-25(32)24(14-19-6-4-3-5-7-19)29-28(33)38-26-18-37-27-23(26)12-13-36-27/h3-11,20,23-27,32H,12-18H2,1-2H3,(H,29,33)/t23-,24-,25+,26-,27+,39?/m0/s1. The molecule has 0 saturated carbocycles. The monoisotopic (exact) mass is 559 g/mol. The van der Waals surface area contributed by atoms with Crippen LogP contribution in [0.2, 0.25) is 0 Å². The number of fused-ring (bicyclic) bond motifs is 1. The third-order valence-electron chi connectivity index (χ3n) is 7.60. The number of alkyl carbamates (subject to hydrolysis) is 1. The normalized spacial score (nSPS) is 25.5. The quantitative estimate of drug-likeness (QED) is 0.398. The molecule has 6 atom stereocenters. The summed E-state index contributed by atoms with van der Waals surface area (Å²) in [6, 6.07) is 16.1. The summed E-state index contributed by atoms with van der Waals surface area (Å²) in [4.78, 5) is 15.8. The molecule has 3 saturated heterocycles. The van der Waals surface area contributed by atoms with Crippen molar-refractivity contribution < 1.29 is 33.4 Å². The molecule has 0 aliphatic carbocycles. The summed E-state index contributed by atoms with van der Waals surface area (Å²) in [5, 5.41) is 14.4. The van der Waals surface area contributed by atoms with Gasteiger partial charge in [0.05, 0.1) is 62.3 Å². The number of nitrogens with zero attached hydrogens (tertiary/aromatic N) is 2. The highest BCUT2D eigenvalue weighted by molar-refractivity contribution is 7.89. The Kier molecular flexibility index (Phi) is 9.28. The Balaban J connectivity index is 1.29. The highest BCUT2D eigenvalue weighted by Gasteiger charge is 2.44. The van der Waals surface area contributed by atoms with Gasteiger partial charge in [-0.1, -0.05) is 30.3 Å². The Hall–Kier alpha value is -2.38. The molecule has 3 heterocycles. The van der Waals surface area contributed by atoms with E-state index in [0.717, 1.165) is 25.1 Å². The lowest BCUT2D eigenvalue weighted by molar-refractivity contribution is -0.0907. The van der Waals surface area contributed by atoms with Crippen LogP contribution in [-0.2, 0) is 32.0 Å². The van der Waals surface area contributed by atoms with Crippen LogP contribution in [0, 0.1) is 5.92 Å². The van der Waals surface area contributed by atoms with Crippen LogP contribution in [-0.4, -0.2) is 103 Å². The van der Waals surface area contributed by atoms with Crippen LogP contribution in [0.5, 0.6) is 5.75 Å². The highest BCUT2D eigenvalue weighted by Crippen LogP contribution is 2.33. The third kappa shape index (κ3) is 6.86. The molecular weight excluding hydrogens is 522 g/mol. The van der Waals surface area contributed by atoms with Gasteiger partial charge in [0, 0.05) is 13.1 Å². The number of amides is 1. The maximum atomic E-state index is 13.7. The van der Waals surface area contributed by atoms with Crippen molar-refractivity contribution in [1.82, 2.24) is 14.5 Å². The maximum Gasteiger partial charge on any atom is 0.407 e. The van der Waals surface area contributed by atoms with Crippen LogP contribution in [0.1, 0.15) is 12.0 Å². The van der Waals surface area contributed by atoms with Gasteiger partial charge in [-0.2, -0.15) is 0 Å². The van der Waals surface area contributed by atoms with Gasteiger partial charge in [0.25, 0.3) is 0 Å². The van der Waals surface area contributed by atoms with Gasteiger partial charge in [-0.25, -0.2) is 4.79 Å². The van der Waals surface area contributed by atoms with E-state index in [9.17, 15) is 14.5 Å². The molecule has 11 heteroatoms. The number of hydrogen-bond acceptors (Lipinski definition) is 9. The number of benzene rings is 2. The van der Waals surface area contributed by atoms with Crippen molar-refractivity contribution in [1.29, 1.82) is 0 Å². The number of hydrogen-bond donors (Lipinski definition) is 2. The van der Waals surface area contributed by atoms with Crippen molar-refractivity contribution in [2.24, 2.45) is 5.92 Å². The molecule has 3 fully saturated rings. The van der Waals surface area contributed by atoms with E-state index in [1.165, 1.54) is 0 Å². The summed E-state index contributed by atoms with van der Waals surface area (Å²) in [5.74, 6) is 0.700. The molecule has 1 amide bonds. The van der Waals surface area contributed by atoms with E-state index < -0.39 is 35.7 Å². The van der Waals surface area contributed by atoms with Crippen molar-refractivity contribution in [3.05, 3.63) is 60.2 Å². The molecule has 2 aromatic rings. The van der Waals surface area contributed by atoms with Gasteiger partial charge in [-0.3, -0.25) is 0 Å². The molecule has 10 nitrogen and oxygen atoms in total. The summed E-state index contributed by atoms with van der Waals surface area (Å²) in [7, 11) is 3.59. The van der Waals surface area contributed by atoms with E-state index in [1.807, 2.05) is 41.7 Å². The van der Waals surface area contributed by atoms with Crippen molar-refractivity contribution in [3.8, 4) is 5.75 Å². The number of likely N-dealkylation sites (N-methyl/N-ethyl adjacent to an activating group) is 1. The predicted octanol–water partition coefficient (Wildman–Crippen LogP) is 1.79. The second-order valence-electron chi connectivity index (χ2n) is 10.4. The molecule has 2 aromatic carbocycles. The van der Waals surface area contributed by atoms with E-state index in [-0.39, 0.29) is 24.8 Å². The average Bonchev–Trinajstić information content (AvgIpc) is 3.55. The van der Waals surface area contributed by atoms with Gasteiger partial charge in [0.1, 0.15) is 11.9 Å². The van der Waals surface area contributed by atoms with Gasteiger partial charge in [-0.05, 0) is 49.7 Å². The summed E-state index contributed by atoms with van der Waals surface area (Å²) in [6.45, 7) is 2.46.